The van der Waals surface area contributed by atoms with E-state index in [-0.39, 0.29) is 12.1 Å². The summed E-state index contributed by atoms with van der Waals surface area (Å²) < 4.78 is 4.79. The Labute approximate surface area is 122 Å². The second kappa shape index (κ2) is 7.98. The number of nitro benzene ring substituents is 1. The molecule has 0 saturated heterocycles. The summed E-state index contributed by atoms with van der Waals surface area (Å²) >= 11 is 0. The number of carbonyl (C=O) groups is 2. The molecule has 0 bridgehead atoms. The highest BCUT2D eigenvalue weighted by Gasteiger charge is 2.13. The number of rotatable bonds is 7. The van der Waals surface area contributed by atoms with Gasteiger partial charge in [0.1, 0.15) is 0 Å². The van der Waals surface area contributed by atoms with Crippen molar-refractivity contribution in [2.75, 3.05) is 11.9 Å². The highest BCUT2D eigenvalue weighted by atomic mass is 16.6. The van der Waals surface area contributed by atoms with Gasteiger partial charge < -0.3 is 10.1 Å². The van der Waals surface area contributed by atoms with Crippen molar-refractivity contribution in [3.63, 3.8) is 0 Å². The second-order valence-electron chi connectivity index (χ2n) is 4.57. The molecule has 0 unspecified atom stereocenters. The summed E-state index contributed by atoms with van der Waals surface area (Å²) in [4.78, 5) is 33.1. The Kier molecular flexibility index (Phi) is 6.32. The van der Waals surface area contributed by atoms with Crippen LogP contribution in [0.5, 0.6) is 0 Å². The van der Waals surface area contributed by atoms with Gasteiger partial charge >= 0.3 is 5.97 Å². The van der Waals surface area contributed by atoms with Crippen molar-refractivity contribution >= 4 is 23.3 Å². The Balaban J connectivity index is 2.53. The molecule has 114 valence electrons. The lowest BCUT2D eigenvalue weighted by molar-refractivity contribution is -0.385. The summed E-state index contributed by atoms with van der Waals surface area (Å²) in [5.74, 6) is -0.958. The molecule has 0 saturated carbocycles. The molecular formula is C14H18N2O5. The zero-order valence-corrected chi connectivity index (χ0v) is 12.0. The summed E-state index contributed by atoms with van der Waals surface area (Å²) in [6.07, 6.45) is 1.86. The summed E-state index contributed by atoms with van der Waals surface area (Å²) in [7, 11) is 0. The first-order valence-corrected chi connectivity index (χ1v) is 6.64. The number of carbonyl (C=O) groups excluding carboxylic acids is 2. The monoisotopic (exact) mass is 294 g/mol. The second-order valence-corrected chi connectivity index (χ2v) is 4.57. The Bertz CT molecular complexity index is 542. The zero-order chi connectivity index (χ0) is 15.8. The lowest BCUT2D eigenvalue weighted by Crippen LogP contribution is -2.20. The molecule has 21 heavy (non-hydrogen) atoms. The predicted molar refractivity (Wildman–Crippen MR) is 76.9 cm³/mol. The first-order chi connectivity index (χ1) is 9.93. The zero-order valence-electron chi connectivity index (χ0n) is 12.0. The Morgan fingerprint density at radius 3 is 2.71 bits per heavy atom. The molecule has 1 aromatic rings. The highest BCUT2D eigenvalue weighted by Crippen LogP contribution is 2.22. The van der Waals surface area contributed by atoms with Crippen molar-refractivity contribution in [1.82, 2.24) is 0 Å². The van der Waals surface area contributed by atoms with E-state index in [1.165, 1.54) is 6.07 Å². The van der Waals surface area contributed by atoms with Crippen molar-refractivity contribution in [1.29, 1.82) is 0 Å². The molecule has 0 aliphatic heterocycles. The highest BCUT2D eigenvalue weighted by molar-refractivity contribution is 5.93. The molecule has 0 spiro atoms. The third-order valence-corrected chi connectivity index (χ3v) is 2.79. The Hall–Kier alpha value is -2.44. The van der Waals surface area contributed by atoms with Gasteiger partial charge in [-0.15, -0.1) is 0 Å². The molecule has 1 N–H and O–H groups in total. The quantitative estimate of drug-likeness (QED) is 0.473. The van der Waals surface area contributed by atoms with Crippen LogP contribution in [0.4, 0.5) is 11.4 Å². The van der Waals surface area contributed by atoms with Crippen LogP contribution in [0, 0.1) is 17.0 Å². The smallest absolute Gasteiger partial charge is 0.306 e. The number of amides is 1. The molecule has 0 fully saturated rings. The van der Waals surface area contributed by atoms with E-state index in [9.17, 15) is 19.7 Å². The summed E-state index contributed by atoms with van der Waals surface area (Å²) in [6.45, 7) is 3.16. The third-order valence-electron chi connectivity index (χ3n) is 2.79. The molecule has 0 aromatic heterocycles. The summed E-state index contributed by atoms with van der Waals surface area (Å²) in [5, 5.41) is 13.3. The van der Waals surface area contributed by atoms with Crippen LogP contribution in [0.2, 0.25) is 0 Å². The van der Waals surface area contributed by atoms with Gasteiger partial charge in [0.2, 0.25) is 0 Å². The van der Waals surface area contributed by atoms with Crippen molar-refractivity contribution in [2.24, 2.45) is 0 Å². The molecule has 1 amide bonds. The molecule has 1 aromatic carbocycles. The molecule has 0 aliphatic rings. The number of benzene rings is 1. The lowest BCUT2D eigenvalue weighted by atomic mass is 10.2. The fraction of sp³-hybridized carbons (Fsp3) is 0.429. The van der Waals surface area contributed by atoms with E-state index in [4.69, 9.17) is 4.74 Å². The van der Waals surface area contributed by atoms with Crippen LogP contribution in [0.15, 0.2) is 18.2 Å². The number of ether oxygens (including phenoxy) is 1. The SMILES string of the molecule is CCCCC(=O)OCC(=O)Nc1ccc(C)c([N+](=O)[O-])c1. The molecule has 1 rings (SSSR count). The van der Waals surface area contributed by atoms with Crippen LogP contribution in [0.25, 0.3) is 0 Å². The van der Waals surface area contributed by atoms with Gasteiger partial charge in [-0.05, 0) is 19.4 Å². The number of nitrogens with zero attached hydrogens (tertiary/aromatic N) is 1. The third kappa shape index (κ3) is 5.60. The molecule has 7 nitrogen and oxygen atoms in total. The number of aryl methyl sites for hydroxylation is 1. The van der Waals surface area contributed by atoms with Crippen molar-refractivity contribution in [3.8, 4) is 0 Å². The maximum atomic E-state index is 11.6. The standard InChI is InChI=1S/C14H18N2O5/c1-3-4-5-14(18)21-9-13(17)15-11-7-6-10(2)12(8-11)16(19)20/h6-8H,3-5,9H2,1-2H3,(H,15,17). The van der Waals surface area contributed by atoms with Gasteiger partial charge in [0.05, 0.1) is 4.92 Å². The van der Waals surface area contributed by atoms with Crippen molar-refractivity contribution in [3.05, 3.63) is 33.9 Å². The average Bonchev–Trinajstić information content (AvgIpc) is 2.44. The van der Waals surface area contributed by atoms with E-state index >= 15 is 0 Å². The van der Waals surface area contributed by atoms with Gasteiger partial charge in [0.15, 0.2) is 6.61 Å². The molecule has 0 heterocycles. The average molecular weight is 294 g/mol. The van der Waals surface area contributed by atoms with Crippen LogP contribution >= 0.6 is 0 Å². The number of hydrogen-bond donors (Lipinski definition) is 1. The maximum Gasteiger partial charge on any atom is 0.306 e. The van der Waals surface area contributed by atoms with Crippen LogP contribution in [-0.2, 0) is 14.3 Å². The van der Waals surface area contributed by atoms with Gasteiger partial charge in [-0.25, -0.2) is 0 Å². The predicted octanol–water partition coefficient (Wildman–Crippen LogP) is 2.58. The fourth-order valence-corrected chi connectivity index (χ4v) is 1.62. The van der Waals surface area contributed by atoms with E-state index in [0.29, 0.717) is 17.7 Å². The summed E-state index contributed by atoms with van der Waals surface area (Å²) in [5.41, 5.74) is 0.721. The van der Waals surface area contributed by atoms with Gasteiger partial charge in [0.25, 0.3) is 11.6 Å². The minimum atomic E-state index is -0.530. The number of nitro groups is 1. The molecule has 0 atom stereocenters. The Morgan fingerprint density at radius 1 is 1.38 bits per heavy atom. The van der Waals surface area contributed by atoms with Gasteiger partial charge in [0, 0.05) is 23.7 Å². The topological polar surface area (TPSA) is 98.5 Å². The van der Waals surface area contributed by atoms with E-state index in [1.807, 2.05) is 6.92 Å². The number of unbranched alkanes of at least 4 members (excludes halogenated alkanes) is 1. The number of nitrogens with one attached hydrogen (secondary N) is 1. The minimum Gasteiger partial charge on any atom is -0.456 e. The van der Waals surface area contributed by atoms with Gasteiger partial charge in [-0.3, -0.25) is 19.7 Å². The molecule has 0 radical (unpaired) electrons. The van der Waals surface area contributed by atoms with E-state index < -0.39 is 23.4 Å². The number of hydrogen-bond acceptors (Lipinski definition) is 5. The normalized spacial score (nSPS) is 10.0. The lowest BCUT2D eigenvalue weighted by Gasteiger charge is -2.07. The molecule has 0 aliphatic carbocycles. The van der Waals surface area contributed by atoms with Crippen LogP contribution in [0.3, 0.4) is 0 Å². The Morgan fingerprint density at radius 2 is 2.10 bits per heavy atom. The molecular weight excluding hydrogens is 276 g/mol. The van der Waals surface area contributed by atoms with E-state index in [2.05, 4.69) is 5.32 Å². The number of esters is 1. The van der Waals surface area contributed by atoms with E-state index in [0.717, 1.165) is 6.42 Å². The largest absolute Gasteiger partial charge is 0.456 e. The van der Waals surface area contributed by atoms with Gasteiger partial charge in [-0.2, -0.15) is 0 Å². The first kappa shape index (κ1) is 16.6. The number of anilines is 1. The maximum absolute atomic E-state index is 11.6. The van der Waals surface area contributed by atoms with E-state index in [1.54, 1.807) is 19.1 Å². The van der Waals surface area contributed by atoms with Crippen LogP contribution in [-0.4, -0.2) is 23.4 Å². The molecule has 7 heteroatoms. The minimum absolute atomic E-state index is 0.0762. The van der Waals surface area contributed by atoms with Crippen LogP contribution in [0.1, 0.15) is 31.7 Å². The summed E-state index contributed by atoms with van der Waals surface area (Å²) in [6, 6.07) is 4.37. The first-order valence-electron chi connectivity index (χ1n) is 6.64. The fourth-order valence-electron chi connectivity index (χ4n) is 1.62. The van der Waals surface area contributed by atoms with Crippen molar-refractivity contribution < 1.29 is 19.2 Å². The van der Waals surface area contributed by atoms with Gasteiger partial charge in [-0.1, -0.05) is 19.4 Å². The van der Waals surface area contributed by atoms with Crippen molar-refractivity contribution in [2.45, 2.75) is 33.1 Å². The van der Waals surface area contributed by atoms with Crippen LogP contribution < -0.4 is 5.32 Å².